The second-order valence-corrected chi connectivity index (χ2v) is 2.66. The molecule has 82 valence electrons. The Hall–Kier alpha value is -1.32. The zero-order valence-electron chi connectivity index (χ0n) is 9.60. The lowest BCUT2D eigenvalue weighted by Crippen LogP contribution is -1.94. The summed E-state index contributed by atoms with van der Waals surface area (Å²) in [7, 11) is 0.889. The lowest BCUT2D eigenvalue weighted by atomic mass is 10.4. The highest BCUT2D eigenvalue weighted by Crippen LogP contribution is 2.01. The third-order valence-corrected chi connectivity index (χ3v) is 1.22. The minimum Gasteiger partial charge on any atom is -0.352 e. The first-order valence-electron chi connectivity index (χ1n) is 4.74. The Morgan fingerprint density at radius 1 is 1.21 bits per heavy atom. The molecule has 0 unspecified atom stereocenters. The third-order valence-electron chi connectivity index (χ3n) is 1.22. The molecule has 0 N–H and O–H groups in total. The summed E-state index contributed by atoms with van der Waals surface area (Å²) in [5, 5.41) is 8.81. The molecule has 0 saturated heterocycles. The molecule has 1 aromatic rings. The lowest BCUT2D eigenvalue weighted by Gasteiger charge is -2.03. The maximum Gasteiger partial charge on any atom is 0.194 e. The van der Waals surface area contributed by atoms with Gasteiger partial charge in [-0.15, -0.1) is 0 Å². The van der Waals surface area contributed by atoms with Crippen molar-refractivity contribution in [3.63, 3.8) is 0 Å². The van der Waals surface area contributed by atoms with Gasteiger partial charge in [0, 0.05) is 23.4 Å². The highest BCUT2D eigenvalue weighted by Gasteiger charge is 1.89. The fourth-order valence-electron chi connectivity index (χ4n) is 0.692. The molecular weight excluding hydrogens is 180 g/mol. The van der Waals surface area contributed by atoms with Gasteiger partial charge in [0.15, 0.2) is 7.05 Å². The summed E-state index contributed by atoms with van der Waals surface area (Å²) in [5.74, 6) is 0. The van der Waals surface area contributed by atoms with E-state index >= 15 is 0 Å². The van der Waals surface area contributed by atoms with E-state index in [0.717, 1.165) is 7.05 Å². The van der Waals surface area contributed by atoms with E-state index in [1.165, 1.54) is 0 Å². The predicted molar refractivity (Wildman–Crippen MR) is 59.1 cm³/mol. The van der Waals surface area contributed by atoms with Crippen molar-refractivity contribution in [3.05, 3.63) is 34.6 Å². The van der Waals surface area contributed by atoms with Crippen molar-refractivity contribution >= 4 is 0 Å². The van der Waals surface area contributed by atoms with Gasteiger partial charge >= 0.3 is 0 Å². The Balaban J connectivity index is 0. The Labute approximate surface area is 85.7 Å². The van der Waals surface area contributed by atoms with E-state index in [2.05, 4.69) is 30.8 Å². The maximum atomic E-state index is 8.81. The molecule has 0 radical (unpaired) electrons. The smallest absolute Gasteiger partial charge is 0.194 e. The highest BCUT2D eigenvalue weighted by molar-refractivity contribution is 4.91. The highest BCUT2D eigenvalue weighted by atomic mass is 16.6. The number of nitro groups is 1. The van der Waals surface area contributed by atoms with Gasteiger partial charge in [0.25, 0.3) is 0 Å². The van der Waals surface area contributed by atoms with Crippen molar-refractivity contribution in [2.75, 3.05) is 7.05 Å². The van der Waals surface area contributed by atoms with Crippen LogP contribution in [-0.4, -0.2) is 16.5 Å². The molecule has 1 aromatic heterocycles. The zero-order valence-corrected chi connectivity index (χ0v) is 9.60. The van der Waals surface area contributed by atoms with Crippen LogP contribution < -0.4 is 0 Å². The van der Waals surface area contributed by atoms with Crippen LogP contribution in [0.25, 0.3) is 0 Å². The largest absolute Gasteiger partial charge is 0.352 e. The Morgan fingerprint density at radius 3 is 1.64 bits per heavy atom. The molecule has 4 nitrogen and oxygen atoms in total. The summed E-state index contributed by atoms with van der Waals surface area (Å²) < 4.78 is 2.17. The molecule has 1 heterocycles. The van der Waals surface area contributed by atoms with Gasteiger partial charge in [-0.2, -0.15) is 0 Å². The summed E-state index contributed by atoms with van der Waals surface area (Å²) in [4.78, 5) is 8.31. The normalized spacial score (nSPS) is 8.14. The first-order chi connectivity index (χ1) is 6.54. The summed E-state index contributed by atoms with van der Waals surface area (Å²) in [5.41, 5.74) is 0. The molecule has 0 bridgehead atoms. The molecule has 0 aromatic carbocycles. The molecule has 1 rings (SSSR count). The number of nitrogens with zero attached hydrogens (tertiary/aromatic N) is 2. The molecule has 0 spiro atoms. The Kier molecular flexibility index (Phi) is 10.6. The average Bonchev–Trinajstić information content (AvgIpc) is 2.58. The van der Waals surface area contributed by atoms with E-state index in [-0.39, 0.29) is 0 Å². The van der Waals surface area contributed by atoms with Crippen molar-refractivity contribution in [1.82, 2.24) is 4.57 Å². The summed E-state index contributed by atoms with van der Waals surface area (Å²) in [6, 6.07) is 4.69. The quantitative estimate of drug-likeness (QED) is 0.517. The Morgan fingerprint density at radius 2 is 1.50 bits per heavy atom. The van der Waals surface area contributed by atoms with Crippen molar-refractivity contribution < 1.29 is 4.92 Å². The monoisotopic (exact) mass is 200 g/mol. The van der Waals surface area contributed by atoms with Gasteiger partial charge in [-0.3, -0.25) is 10.1 Å². The molecule has 0 aliphatic carbocycles. The van der Waals surface area contributed by atoms with Crippen LogP contribution in [0.15, 0.2) is 24.5 Å². The first-order valence-corrected chi connectivity index (χ1v) is 4.74. The van der Waals surface area contributed by atoms with Crippen LogP contribution in [-0.2, 0) is 0 Å². The van der Waals surface area contributed by atoms with Gasteiger partial charge in [-0.1, -0.05) is 13.8 Å². The van der Waals surface area contributed by atoms with Crippen LogP contribution in [0.1, 0.15) is 33.7 Å². The summed E-state index contributed by atoms with van der Waals surface area (Å²) >= 11 is 0. The average molecular weight is 200 g/mol. The molecular formula is C10H20N2O2. The molecule has 0 atom stereocenters. The van der Waals surface area contributed by atoms with Gasteiger partial charge in [-0.05, 0) is 26.0 Å². The van der Waals surface area contributed by atoms with Crippen LogP contribution in [0.3, 0.4) is 0 Å². The van der Waals surface area contributed by atoms with Crippen LogP contribution in [0.4, 0.5) is 0 Å². The second-order valence-electron chi connectivity index (χ2n) is 2.66. The number of hydrogen-bond acceptors (Lipinski definition) is 2. The van der Waals surface area contributed by atoms with Gasteiger partial charge in [0.2, 0.25) is 0 Å². The van der Waals surface area contributed by atoms with Gasteiger partial charge in [-0.25, -0.2) is 0 Å². The molecule has 0 amide bonds. The fraction of sp³-hybridized carbons (Fsp3) is 0.600. The standard InChI is InChI=1S/C7H11N.C2H6.CH3NO2/c1-7(2)8-5-3-4-6-8;1-2;1-2(3)4/h3-7H,1-2H3;1-2H3;1H3. The van der Waals surface area contributed by atoms with Crippen LogP contribution in [0, 0.1) is 10.1 Å². The summed E-state index contributed by atoms with van der Waals surface area (Å²) in [6.45, 7) is 8.33. The van der Waals surface area contributed by atoms with Crippen LogP contribution >= 0.6 is 0 Å². The predicted octanol–water partition coefficient (Wildman–Crippen LogP) is 2.99. The van der Waals surface area contributed by atoms with Crippen LogP contribution in [0.2, 0.25) is 0 Å². The van der Waals surface area contributed by atoms with Crippen molar-refractivity contribution in [2.24, 2.45) is 0 Å². The molecule has 14 heavy (non-hydrogen) atoms. The van der Waals surface area contributed by atoms with E-state index in [0.29, 0.717) is 6.04 Å². The maximum absolute atomic E-state index is 8.81. The van der Waals surface area contributed by atoms with Gasteiger partial charge < -0.3 is 4.57 Å². The molecule has 0 aliphatic rings. The van der Waals surface area contributed by atoms with Crippen molar-refractivity contribution in [2.45, 2.75) is 33.7 Å². The lowest BCUT2D eigenvalue weighted by molar-refractivity contribution is -0.445. The Bertz CT molecular complexity index is 214. The topological polar surface area (TPSA) is 48.1 Å². The van der Waals surface area contributed by atoms with Gasteiger partial charge in [0.1, 0.15) is 0 Å². The number of hydrogen-bond donors (Lipinski definition) is 0. The number of aromatic nitrogens is 1. The third kappa shape index (κ3) is 10.7. The van der Waals surface area contributed by atoms with Crippen LogP contribution in [0.5, 0.6) is 0 Å². The second kappa shape index (κ2) is 9.77. The fourth-order valence-corrected chi connectivity index (χ4v) is 0.692. The minimum atomic E-state index is -0.500. The minimum absolute atomic E-state index is 0.500. The SMILES string of the molecule is CC.CC(C)n1cccc1.C[N+](=O)[O-]. The first kappa shape index (κ1) is 15.2. The van der Waals surface area contributed by atoms with Crippen molar-refractivity contribution in [1.29, 1.82) is 0 Å². The molecule has 0 aliphatic heterocycles. The molecule has 0 fully saturated rings. The summed E-state index contributed by atoms with van der Waals surface area (Å²) in [6.07, 6.45) is 4.15. The van der Waals surface area contributed by atoms with E-state index in [1.54, 1.807) is 0 Å². The van der Waals surface area contributed by atoms with E-state index < -0.39 is 4.92 Å². The van der Waals surface area contributed by atoms with E-state index in [9.17, 15) is 0 Å². The van der Waals surface area contributed by atoms with E-state index in [1.807, 2.05) is 26.0 Å². The number of rotatable bonds is 1. The molecule has 4 heteroatoms. The molecule has 0 saturated carbocycles. The van der Waals surface area contributed by atoms with E-state index in [4.69, 9.17) is 10.1 Å². The van der Waals surface area contributed by atoms with Crippen molar-refractivity contribution in [3.8, 4) is 0 Å². The van der Waals surface area contributed by atoms with Gasteiger partial charge in [0.05, 0.1) is 0 Å². The zero-order chi connectivity index (χ0) is 11.6.